The van der Waals surface area contributed by atoms with Gasteiger partial charge in [-0.2, -0.15) is 0 Å². The molecule has 0 aliphatic heterocycles. The fraction of sp³-hybridized carbons (Fsp3) is 0.308. The van der Waals surface area contributed by atoms with E-state index in [2.05, 4.69) is 31.4 Å². The van der Waals surface area contributed by atoms with E-state index in [0.29, 0.717) is 4.47 Å². The highest BCUT2D eigenvalue weighted by molar-refractivity contribution is 9.10. The number of carbonyl (C=O) groups excluding carboxylic acids is 1. The number of benzene rings is 1. The number of hydrogen-bond donors (Lipinski definition) is 1. The van der Waals surface area contributed by atoms with Crippen molar-refractivity contribution < 1.29 is 9.18 Å². The van der Waals surface area contributed by atoms with Crippen LogP contribution in [-0.2, 0) is 4.79 Å². The number of thioether (sulfide) groups is 2. The van der Waals surface area contributed by atoms with E-state index in [-0.39, 0.29) is 11.6 Å². The van der Waals surface area contributed by atoms with Crippen LogP contribution >= 0.6 is 50.8 Å². The molecule has 1 aromatic heterocycles. The normalized spacial score (nSPS) is 12.2. The first kappa shape index (κ1) is 17.7. The van der Waals surface area contributed by atoms with Gasteiger partial charge in [-0.05, 0) is 30.9 Å². The van der Waals surface area contributed by atoms with Crippen LogP contribution in [0.2, 0.25) is 0 Å². The predicted molar refractivity (Wildman–Crippen MR) is 94.4 cm³/mol. The fourth-order valence-electron chi connectivity index (χ4n) is 1.46. The maximum Gasteiger partial charge on any atom is 0.237 e. The monoisotopic (exact) mass is 421 g/mol. The van der Waals surface area contributed by atoms with E-state index in [9.17, 15) is 9.18 Å². The lowest BCUT2D eigenvalue weighted by molar-refractivity contribution is -0.115. The van der Waals surface area contributed by atoms with Gasteiger partial charge in [0.1, 0.15) is 5.82 Å². The van der Waals surface area contributed by atoms with E-state index in [4.69, 9.17) is 0 Å². The molecule has 0 fully saturated rings. The summed E-state index contributed by atoms with van der Waals surface area (Å²) in [5.41, 5.74) is 0.167. The van der Waals surface area contributed by atoms with Gasteiger partial charge in [0, 0.05) is 4.47 Å². The lowest BCUT2D eigenvalue weighted by Gasteiger charge is -2.11. The molecule has 1 amide bonds. The summed E-state index contributed by atoms with van der Waals surface area (Å²) in [5, 5.41) is 10.3. The standard InChI is InChI=1S/C13H13BrFN3OS3/c1-3-20-12-17-18-13(22-12)21-7(2)11(19)16-10-5-4-8(14)6-9(10)15/h4-7H,3H2,1-2H3,(H,16,19). The predicted octanol–water partition coefficient (Wildman–Crippen LogP) is 4.67. The smallest absolute Gasteiger partial charge is 0.237 e. The van der Waals surface area contributed by atoms with Crippen LogP contribution in [0.4, 0.5) is 10.1 Å². The number of amides is 1. The van der Waals surface area contributed by atoms with Crippen LogP contribution in [0.3, 0.4) is 0 Å². The van der Waals surface area contributed by atoms with Crippen molar-refractivity contribution in [3.8, 4) is 0 Å². The van der Waals surface area contributed by atoms with Crippen LogP contribution in [0.15, 0.2) is 31.4 Å². The van der Waals surface area contributed by atoms with Crippen LogP contribution in [0.1, 0.15) is 13.8 Å². The second-order valence-electron chi connectivity index (χ2n) is 4.14. The van der Waals surface area contributed by atoms with Crippen molar-refractivity contribution in [3.05, 3.63) is 28.5 Å². The quantitative estimate of drug-likeness (QED) is 0.686. The molecule has 0 aliphatic carbocycles. The van der Waals surface area contributed by atoms with Gasteiger partial charge in [0.2, 0.25) is 5.91 Å². The number of hydrogen-bond acceptors (Lipinski definition) is 6. The second kappa shape index (κ2) is 8.28. The highest BCUT2D eigenvalue weighted by Crippen LogP contribution is 2.31. The van der Waals surface area contributed by atoms with E-state index in [1.807, 2.05) is 6.92 Å². The molecular formula is C13H13BrFN3OS3. The lowest BCUT2D eigenvalue weighted by Crippen LogP contribution is -2.22. The molecule has 1 atom stereocenters. The molecule has 2 aromatic rings. The molecule has 118 valence electrons. The van der Waals surface area contributed by atoms with E-state index in [1.54, 1.807) is 24.8 Å². The van der Waals surface area contributed by atoms with Crippen molar-refractivity contribution >= 4 is 62.4 Å². The van der Waals surface area contributed by atoms with Gasteiger partial charge in [0.25, 0.3) is 0 Å². The number of rotatable bonds is 6. The number of nitrogens with one attached hydrogen (secondary N) is 1. The minimum absolute atomic E-state index is 0.167. The molecule has 0 saturated carbocycles. The third kappa shape index (κ3) is 4.94. The molecule has 4 nitrogen and oxygen atoms in total. The van der Waals surface area contributed by atoms with Gasteiger partial charge < -0.3 is 5.32 Å². The molecular weight excluding hydrogens is 409 g/mol. The van der Waals surface area contributed by atoms with Crippen LogP contribution < -0.4 is 5.32 Å². The number of anilines is 1. The molecule has 0 radical (unpaired) electrons. The Bertz CT molecular complexity index is 668. The molecule has 9 heteroatoms. The number of aromatic nitrogens is 2. The number of carbonyl (C=O) groups is 1. The highest BCUT2D eigenvalue weighted by atomic mass is 79.9. The summed E-state index contributed by atoms with van der Waals surface area (Å²) >= 11 is 7.57. The fourth-order valence-corrected chi connectivity index (χ4v) is 4.85. The molecule has 1 heterocycles. The molecule has 0 aliphatic rings. The largest absolute Gasteiger partial charge is 0.323 e. The van der Waals surface area contributed by atoms with Gasteiger partial charge >= 0.3 is 0 Å². The van der Waals surface area contributed by atoms with E-state index >= 15 is 0 Å². The van der Waals surface area contributed by atoms with Crippen molar-refractivity contribution in [1.29, 1.82) is 0 Å². The van der Waals surface area contributed by atoms with Crippen molar-refractivity contribution in [3.63, 3.8) is 0 Å². The third-order valence-electron chi connectivity index (χ3n) is 2.49. The Morgan fingerprint density at radius 1 is 1.45 bits per heavy atom. The minimum atomic E-state index is -0.475. The Morgan fingerprint density at radius 2 is 2.18 bits per heavy atom. The third-order valence-corrected chi connectivity index (χ3v) is 6.11. The second-order valence-corrected chi connectivity index (χ2v) is 9.13. The molecule has 0 spiro atoms. The maximum atomic E-state index is 13.7. The van der Waals surface area contributed by atoms with Gasteiger partial charge in [-0.1, -0.05) is 57.7 Å². The zero-order valence-electron chi connectivity index (χ0n) is 11.8. The van der Waals surface area contributed by atoms with Crippen LogP contribution in [0.25, 0.3) is 0 Å². The van der Waals surface area contributed by atoms with Crippen LogP contribution in [0, 0.1) is 5.82 Å². The summed E-state index contributed by atoms with van der Waals surface area (Å²) in [6.45, 7) is 3.80. The highest BCUT2D eigenvalue weighted by Gasteiger charge is 2.18. The number of nitrogens with zero attached hydrogens (tertiary/aromatic N) is 2. The first-order chi connectivity index (χ1) is 10.5. The molecule has 1 aromatic carbocycles. The summed E-state index contributed by atoms with van der Waals surface area (Å²) in [5.74, 6) is 0.182. The first-order valence-electron chi connectivity index (χ1n) is 6.38. The van der Waals surface area contributed by atoms with Crippen molar-refractivity contribution in [2.75, 3.05) is 11.1 Å². The molecule has 0 bridgehead atoms. The molecule has 22 heavy (non-hydrogen) atoms. The Hall–Kier alpha value is -0.640. The maximum absolute atomic E-state index is 13.7. The molecule has 0 saturated heterocycles. The molecule has 1 N–H and O–H groups in total. The van der Waals surface area contributed by atoms with Crippen molar-refractivity contribution in [1.82, 2.24) is 10.2 Å². The van der Waals surface area contributed by atoms with Crippen LogP contribution in [-0.4, -0.2) is 27.1 Å². The topological polar surface area (TPSA) is 54.9 Å². The average Bonchev–Trinajstić information content (AvgIpc) is 2.89. The number of halogens is 2. The Balaban J connectivity index is 1.96. The van der Waals surface area contributed by atoms with E-state index in [1.165, 1.54) is 35.2 Å². The summed E-state index contributed by atoms with van der Waals surface area (Å²) in [7, 11) is 0. The van der Waals surface area contributed by atoms with E-state index in [0.717, 1.165) is 14.4 Å². The van der Waals surface area contributed by atoms with Gasteiger partial charge in [0.05, 0.1) is 10.9 Å². The van der Waals surface area contributed by atoms with Gasteiger partial charge in [-0.15, -0.1) is 10.2 Å². The zero-order chi connectivity index (χ0) is 16.1. The van der Waals surface area contributed by atoms with Crippen molar-refractivity contribution in [2.24, 2.45) is 0 Å². The molecule has 1 unspecified atom stereocenters. The van der Waals surface area contributed by atoms with Crippen molar-refractivity contribution in [2.45, 2.75) is 27.8 Å². The van der Waals surface area contributed by atoms with E-state index < -0.39 is 11.1 Å². The summed E-state index contributed by atoms with van der Waals surface area (Å²) < 4.78 is 16.0. The first-order valence-corrected chi connectivity index (χ1v) is 9.86. The molecule has 2 rings (SSSR count). The summed E-state index contributed by atoms with van der Waals surface area (Å²) in [6.07, 6.45) is 0. The average molecular weight is 422 g/mol. The van der Waals surface area contributed by atoms with Gasteiger partial charge in [0.15, 0.2) is 8.68 Å². The summed E-state index contributed by atoms with van der Waals surface area (Å²) in [4.78, 5) is 12.1. The van der Waals surface area contributed by atoms with Gasteiger partial charge in [-0.25, -0.2) is 4.39 Å². The lowest BCUT2D eigenvalue weighted by atomic mass is 10.3. The van der Waals surface area contributed by atoms with Crippen LogP contribution in [0.5, 0.6) is 0 Å². The van der Waals surface area contributed by atoms with Gasteiger partial charge in [-0.3, -0.25) is 4.79 Å². The Kier molecular flexibility index (Phi) is 6.66. The Labute approximate surface area is 148 Å². The summed E-state index contributed by atoms with van der Waals surface area (Å²) in [6, 6.07) is 4.51. The minimum Gasteiger partial charge on any atom is -0.323 e. The SMILES string of the molecule is CCSc1nnc(SC(C)C(=O)Nc2ccc(Br)cc2F)s1. The zero-order valence-corrected chi connectivity index (χ0v) is 15.8. The Morgan fingerprint density at radius 3 is 2.86 bits per heavy atom.